The molecule has 1 saturated carbocycles. The zero-order chi connectivity index (χ0) is 13.4. The van der Waals surface area contributed by atoms with E-state index in [1.807, 2.05) is 13.8 Å². The second kappa shape index (κ2) is 4.17. The molecule has 0 aromatic heterocycles. The highest BCUT2D eigenvalue weighted by Gasteiger charge is 2.60. The molecular formula is C13H20O4. The van der Waals surface area contributed by atoms with Crippen molar-refractivity contribution in [3.63, 3.8) is 0 Å². The Morgan fingerprint density at radius 2 is 1.82 bits per heavy atom. The van der Waals surface area contributed by atoms with Crippen LogP contribution in [0.25, 0.3) is 0 Å². The fraction of sp³-hybridized carbons (Fsp3) is 0.692. The quantitative estimate of drug-likeness (QED) is 0.607. The molecule has 0 amide bonds. The van der Waals surface area contributed by atoms with Gasteiger partial charge in [0.25, 0.3) is 0 Å². The number of carboxylic acid groups (broad SMARTS) is 1. The van der Waals surface area contributed by atoms with Gasteiger partial charge in [-0.25, -0.2) is 4.79 Å². The Labute approximate surface area is 102 Å². The molecule has 0 spiro atoms. The van der Waals surface area contributed by atoms with E-state index in [0.29, 0.717) is 0 Å². The molecule has 0 bridgehead atoms. The minimum Gasteiger partial charge on any atom is -0.481 e. The summed E-state index contributed by atoms with van der Waals surface area (Å²) in [5.41, 5.74) is -0.795. The van der Waals surface area contributed by atoms with E-state index in [9.17, 15) is 9.59 Å². The fourth-order valence-corrected chi connectivity index (χ4v) is 2.03. The number of aliphatic carboxylic acids is 1. The maximum Gasteiger partial charge on any atom is 0.330 e. The van der Waals surface area contributed by atoms with Gasteiger partial charge in [-0.3, -0.25) is 4.79 Å². The molecule has 1 aliphatic carbocycles. The predicted octanol–water partition coefficient (Wildman–Crippen LogP) is 2.24. The van der Waals surface area contributed by atoms with Crippen molar-refractivity contribution in [2.75, 3.05) is 0 Å². The van der Waals surface area contributed by atoms with Crippen LogP contribution in [0.1, 0.15) is 34.6 Å². The second-order valence-corrected chi connectivity index (χ2v) is 6.06. The van der Waals surface area contributed by atoms with Gasteiger partial charge in [0.1, 0.15) is 5.60 Å². The van der Waals surface area contributed by atoms with Crippen LogP contribution in [0.5, 0.6) is 0 Å². The van der Waals surface area contributed by atoms with Crippen LogP contribution in [0.15, 0.2) is 12.2 Å². The Kier molecular flexibility index (Phi) is 3.37. The van der Waals surface area contributed by atoms with Crippen molar-refractivity contribution in [3.8, 4) is 0 Å². The van der Waals surface area contributed by atoms with Crippen molar-refractivity contribution in [3.05, 3.63) is 12.2 Å². The van der Waals surface area contributed by atoms with E-state index in [0.717, 1.165) is 0 Å². The van der Waals surface area contributed by atoms with Crippen LogP contribution < -0.4 is 0 Å². The molecule has 1 N–H and O–H groups in total. The van der Waals surface area contributed by atoms with E-state index in [1.54, 1.807) is 26.8 Å². The van der Waals surface area contributed by atoms with Gasteiger partial charge in [0, 0.05) is 6.08 Å². The first-order chi connectivity index (χ1) is 7.55. The first kappa shape index (κ1) is 13.7. The molecule has 1 unspecified atom stereocenters. The van der Waals surface area contributed by atoms with E-state index in [4.69, 9.17) is 9.84 Å². The van der Waals surface area contributed by atoms with Crippen molar-refractivity contribution in [2.24, 2.45) is 17.3 Å². The summed E-state index contributed by atoms with van der Waals surface area (Å²) in [6.07, 6.45) is 2.98. The molecule has 96 valence electrons. The summed E-state index contributed by atoms with van der Waals surface area (Å²) < 4.78 is 5.11. The summed E-state index contributed by atoms with van der Waals surface area (Å²) in [5, 5.41) is 8.96. The molecule has 0 aliphatic heterocycles. The van der Waals surface area contributed by atoms with Crippen molar-refractivity contribution in [1.82, 2.24) is 0 Å². The maximum absolute atomic E-state index is 11.4. The van der Waals surface area contributed by atoms with Gasteiger partial charge in [0.2, 0.25) is 0 Å². The maximum atomic E-state index is 11.4. The van der Waals surface area contributed by atoms with E-state index < -0.39 is 23.5 Å². The topological polar surface area (TPSA) is 63.6 Å². The average Bonchev–Trinajstić information content (AvgIpc) is 2.61. The summed E-state index contributed by atoms with van der Waals surface area (Å²) in [5.74, 6) is -1.73. The van der Waals surface area contributed by atoms with E-state index in [-0.39, 0.29) is 11.3 Å². The Balaban J connectivity index is 2.57. The zero-order valence-electron chi connectivity index (χ0n) is 11.0. The number of allylic oxidation sites excluding steroid dienone is 1. The van der Waals surface area contributed by atoms with Crippen molar-refractivity contribution >= 4 is 11.9 Å². The van der Waals surface area contributed by atoms with Crippen molar-refractivity contribution in [1.29, 1.82) is 0 Å². The van der Waals surface area contributed by atoms with Crippen LogP contribution >= 0.6 is 0 Å². The third-order valence-electron chi connectivity index (χ3n) is 3.02. The molecule has 1 aliphatic rings. The average molecular weight is 240 g/mol. The lowest BCUT2D eigenvalue weighted by molar-refractivity contribution is -0.148. The first-order valence-electron chi connectivity index (χ1n) is 5.69. The Morgan fingerprint density at radius 1 is 1.29 bits per heavy atom. The third-order valence-corrected chi connectivity index (χ3v) is 3.02. The fourth-order valence-electron chi connectivity index (χ4n) is 2.03. The predicted molar refractivity (Wildman–Crippen MR) is 63.4 cm³/mol. The lowest BCUT2D eigenvalue weighted by atomic mass is 10.1. The third kappa shape index (κ3) is 3.32. The van der Waals surface area contributed by atoms with Gasteiger partial charge >= 0.3 is 11.9 Å². The van der Waals surface area contributed by atoms with Crippen molar-refractivity contribution < 1.29 is 19.4 Å². The number of carbonyl (C=O) groups is 2. The number of carbonyl (C=O) groups excluding carboxylic acids is 1. The summed E-state index contributed by atoms with van der Waals surface area (Å²) in [6, 6.07) is 0. The van der Waals surface area contributed by atoms with Gasteiger partial charge < -0.3 is 9.84 Å². The molecule has 0 aromatic rings. The van der Waals surface area contributed by atoms with E-state index >= 15 is 0 Å². The summed E-state index contributed by atoms with van der Waals surface area (Å²) >= 11 is 0. The summed E-state index contributed by atoms with van der Waals surface area (Å²) in [4.78, 5) is 22.3. The number of esters is 1. The lowest BCUT2D eigenvalue weighted by Gasteiger charge is -2.17. The SMILES string of the molecule is CC(C)(C)OC(=O)C=CC1[C@@H](C(=O)O)C1(C)C. The Bertz CT molecular complexity index is 360. The summed E-state index contributed by atoms with van der Waals surface area (Å²) in [6.45, 7) is 9.14. The highest BCUT2D eigenvalue weighted by Crippen LogP contribution is 2.59. The number of hydrogen-bond acceptors (Lipinski definition) is 3. The van der Waals surface area contributed by atoms with Crippen LogP contribution in [-0.2, 0) is 14.3 Å². The minimum atomic E-state index is -0.811. The Morgan fingerprint density at radius 3 is 2.18 bits per heavy atom. The molecule has 4 heteroatoms. The minimum absolute atomic E-state index is 0.0903. The molecule has 0 heterocycles. The number of rotatable bonds is 3. The van der Waals surface area contributed by atoms with Gasteiger partial charge in [-0.2, -0.15) is 0 Å². The molecule has 0 aromatic carbocycles. The highest BCUT2D eigenvalue weighted by atomic mass is 16.6. The standard InChI is InChI=1S/C13H20O4/c1-12(2,3)17-9(14)7-6-8-10(11(15)16)13(8,4)5/h6-8,10H,1-5H3,(H,15,16)/t8?,10-/m0/s1. The largest absolute Gasteiger partial charge is 0.481 e. The molecule has 4 nitrogen and oxygen atoms in total. The normalized spacial score (nSPS) is 26.9. The van der Waals surface area contributed by atoms with Crippen LogP contribution in [0.2, 0.25) is 0 Å². The van der Waals surface area contributed by atoms with Crippen LogP contribution in [0.4, 0.5) is 0 Å². The van der Waals surface area contributed by atoms with E-state index in [2.05, 4.69) is 0 Å². The second-order valence-electron chi connectivity index (χ2n) is 6.06. The lowest BCUT2D eigenvalue weighted by Crippen LogP contribution is -2.22. The van der Waals surface area contributed by atoms with Gasteiger partial charge in [-0.1, -0.05) is 19.9 Å². The number of hydrogen-bond donors (Lipinski definition) is 1. The van der Waals surface area contributed by atoms with Crippen LogP contribution in [-0.4, -0.2) is 22.6 Å². The van der Waals surface area contributed by atoms with Gasteiger partial charge in [-0.15, -0.1) is 0 Å². The Hall–Kier alpha value is -1.32. The van der Waals surface area contributed by atoms with Crippen LogP contribution in [0.3, 0.4) is 0 Å². The highest BCUT2D eigenvalue weighted by molar-refractivity contribution is 5.83. The number of ether oxygens (including phenoxy) is 1. The number of carboxylic acids is 1. The zero-order valence-corrected chi connectivity index (χ0v) is 11.0. The smallest absolute Gasteiger partial charge is 0.330 e. The van der Waals surface area contributed by atoms with Gasteiger partial charge in [-0.05, 0) is 32.1 Å². The molecule has 0 radical (unpaired) electrons. The monoisotopic (exact) mass is 240 g/mol. The van der Waals surface area contributed by atoms with Crippen LogP contribution in [0, 0.1) is 17.3 Å². The van der Waals surface area contributed by atoms with Crippen molar-refractivity contribution in [2.45, 2.75) is 40.2 Å². The first-order valence-corrected chi connectivity index (χ1v) is 5.69. The van der Waals surface area contributed by atoms with Gasteiger partial charge in [0.05, 0.1) is 5.92 Å². The molecule has 17 heavy (non-hydrogen) atoms. The molecular weight excluding hydrogens is 220 g/mol. The molecule has 1 rings (SSSR count). The molecule has 1 fully saturated rings. The van der Waals surface area contributed by atoms with Gasteiger partial charge in [0.15, 0.2) is 0 Å². The summed E-state index contributed by atoms with van der Waals surface area (Å²) in [7, 11) is 0. The molecule has 0 saturated heterocycles. The van der Waals surface area contributed by atoms with E-state index in [1.165, 1.54) is 6.08 Å². The molecule has 2 atom stereocenters.